The molecule has 2 N–H and O–H groups in total. The van der Waals surface area contributed by atoms with Gasteiger partial charge in [-0.1, -0.05) is 19.4 Å². The molecule has 2 unspecified atom stereocenters. The summed E-state index contributed by atoms with van der Waals surface area (Å²) in [5.41, 5.74) is 8.25. The zero-order chi connectivity index (χ0) is 13.5. The van der Waals surface area contributed by atoms with Crippen LogP contribution >= 0.6 is 0 Å². The van der Waals surface area contributed by atoms with E-state index in [1.165, 1.54) is 6.07 Å². The van der Waals surface area contributed by atoms with Crippen molar-refractivity contribution < 1.29 is 9.13 Å². The highest BCUT2D eigenvalue weighted by atomic mass is 19.1. The van der Waals surface area contributed by atoms with Gasteiger partial charge in [0.15, 0.2) is 0 Å². The van der Waals surface area contributed by atoms with E-state index in [-0.39, 0.29) is 18.0 Å². The third-order valence-electron chi connectivity index (χ3n) is 3.20. The van der Waals surface area contributed by atoms with Crippen LogP contribution in [0.25, 0.3) is 0 Å². The van der Waals surface area contributed by atoms with Crippen molar-refractivity contribution >= 4 is 0 Å². The summed E-state index contributed by atoms with van der Waals surface area (Å²) >= 11 is 0. The van der Waals surface area contributed by atoms with Crippen LogP contribution in [0.5, 0.6) is 0 Å². The number of nitrogens with two attached hydrogens (primary N) is 1. The van der Waals surface area contributed by atoms with Crippen molar-refractivity contribution in [2.24, 2.45) is 5.73 Å². The normalized spacial score (nSPS) is 14.5. The molecule has 2 nitrogen and oxygen atoms in total. The molecule has 18 heavy (non-hydrogen) atoms. The SMILES string of the molecule is CCCC(OCC)C(N)Cc1cc(F)ccc1C. The molecule has 0 aliphatic rings. The fourth-order valence-electron chi connectivity index (χ4n) is 2.16. The van der Waals surface area contributed by atoms with Crippen LogP contribution in [-0.4, -0.2) is 18.8 Å². The summed E-state index contributed by atoms with van der Waals surface area (Å²) < 4.78 is 18.9. The molecule has 0 aromatic heterocycles. The van der Waals surface area contributed by atoms with Crippen LogP contribution in [0.3, 0.4) is 0 Å². The molecular formula is C15H24FNO. The maximum Gasteiger partial charge on any atom is 0.123 e. The Kier molecular flexibility index (Phi) is 6.30. The van der Waals surface area contributed by atoms with Crippen LogP contribution in [0, 0.1) is 12.7 Å². The zero-order valence-corrected chi connectivity index (χ0v) is 11.6. The summed E-state index contributed by atoms with van der Waals surface area (Å²) in [6, 6.07) is 4.78. The molecule has 0 aliphatic carbocycles. The Hall–Kier alpha value is -0.930. The Balaban J connectivity index is 2.71. The number of hydrogen-bond acceptors (Lipinski definition) is 2. The minimum atomic E-state index is -0.203. The second kappa shape index (κ2) is 7.49. The van der Waals surface area contributed by atoms with Gasteiger partial charge >= 0.3 is 0 Å². The van der Waals surface area contributed by atoms with Gasteiger partial charge in [-0.25, -0.2) is 4.39 Å². The molecular weight excluding hydrogens is 229 g/mol. The van der Waals surface area contributed by atoms with Crippen LogP contribution < -0.4 is 5.73 Å². The predicted octanol–water partition coefficient (Wildman–Crippen LogP) is 3.21. The van der Waals surface area contributed by atoms with Crippen molar-refractivity contribution in [1.82, 2.24) is 0 Å². The molecule has 102 valence electrons. The van der Waals surface area contributed by atoms with Gasteiger partial charge in [-0.05, 0) is 49.9 Å². The topological polar surface area (TPSA) is 35.2 Å². The maximum atomic E-state index is 13.2. The first-order valence-corrected chi connectivity index (χ1v) is 6.70. The lowest BCUT2D eigenvalue weighted by Crippen LogP contribution is -2.38. The summed E-state index contributed by atoms with van der Waals surface area (Å²) in [5.74, 6) is -0.203. The molecule has 0 saturated carbocycles. The van der Waals surface area contributed by atoms with E-state index in [1.54, 1.807) is 12.1 Å². The Morgan fingerprint density at radius 1 is 1.33 bits per heavy atom. The van der Waals surface area contributed by atoms with E-state index in [4.69, 9.17) is 10.5 Å². The maximum absolute atomic E-state index is 13.2. The number of aryl methyl sites for hydroxylation is 1. The Morgan fingerprint density at radius 3 is 2.67 bits per heavy atom. The zero-order valence-electron chi connectivity index (χ0n) is 11.6. The molecule has 0 amide bonds. The number of halogens is 1. The molecule has 0 aliphatic heterocycles. The third-order valence-corrected chi connectivity index (χ3v) is 3.20. The highest BCUT2D eigenvalue weighted by Gasteiger charge is 2.18. The van der Waals surface area contributed by atoms with Gasteiger partial charge in [0, 0.05) is 12.6 Å². The number of ether oxygens (including phenoxy) is 1. The van der Waals surface area contributed by atoms with E-state index < -0.39 is 0 Å². The van der Waals surface area contributed by atoms with E-state index in [0.29, 0.717) is 13.0 Å². The van der Waals surface area contributed by atoms with Gasteiger partial charge < -0.3 is 10.5 Å². The number of benzene rings is 1. The third kappa shape index (κ3) is 4.39. The average Bonchev–Trinajstić information content (AvgIpc) is 2.33. The van der Waals surface area contributed by atoms with Crippen molar-refractivity contribution in [2.45, 2.75) is 52.2 Å². The summed E-state index contributed by atoms with van der Waals surface area (Å²) in [4.78, 5) is 0. The van der Waals surface area contributed by atoms with Crippen LogP contribution in [0.2, 0.25) is 0 Å². The lowest BCUT2D eigenvalue weighted by Gasteiger charge is -2.24. The summed E-state index contributed by atoms with van der Waals surface area (Å²) in [6.07, 6.45) is 2.71. The fourth-order valence-corrected chi connectivity index (χ4v) is 2.16. The quantitative estimate of drug-likeness (QED) is 0.810. The number of hydrogen-bond donors (Lipinski definition) is 1. The standard InChI is InChI=1S/C15H24FNO/c1-4-6-15(18-5-2)14(17)10-12-9-13(16)8-7-11(12)3/h7-9,14-15H,4-6,10,17H2,1-3H3. The molecule has 1 aromatic rings. The van der Waals surface area contributed by atoms with E-state index in [0.717, 1.165) is 24.0 Å². The van der Waals surface area contributed by atoms with Gasteiger partial charge in [-0.3, -0.25) is 0 Å². The highest BCUT2D eigenvalue weighted by molar-refractivity contribution is 5.27. The summed E-state index contributed by atoms with van der Waals surface area (Å²) in [6.45, 7) is 6.74. The van der Waals surface area contributed by atoms with Gasteiger partial charge in [0.25, 0.3) is 0 Å². The molecule has 0 radical (unpaired) electrons. The van der Waals surface area contributed by atoms with Crippen molar-refractivity contribution in [3.05, 3.63) is 35.1 Å². The number of rotatable bonds is 7. The largest absolute Gasteiger partial charge is 0.377 e. The molecule has 0 fully saturated rings. The van der Waals surface area contributed by atoms with Crippen LogP contribution in [0.1, 0.15) is 37.8 Å². The lowest BCUT2D eigenvalue weighted by molar-refractivity contribution is 0.0378. The minimum Gasteiger partial charge on any atom is -0.377 e. The first-order chi connectivity index (χ1) is 8.58. The van der Waals surface area contributed by atoms with E-state index in [9.17, 15) is 4.39 Å². The highest BCUT2D eigenvalue weighted by Crippen LogP contribution is 2.16. The smallest absolute Gasteiger partial charge is 0.123 e. The van der Waals surface area contributed by atoms with Crippen molar-refractivity contribution in [3.8, 4) is 0 Å². The molecule has 2 atom stereocenters. The molecule has 0 saturated heterocycles. The van der Waals surface area contributed by atoms with Crippen molar-refractivity contribution in [3.63, 3.8) is 0 Å². The Labute approximate surface area is 109 Å². The van der Waals surface area contributed by atoms with Gasteiger partial charge in [0.1, 0.15) is 5.82 Å². The summed E-state index contributed by atoms with van der Waals surface area (Å²) in [7, 11) is 0. The molecule has 1 rings (SSSR count). The predicted molar refractivity (Wildman–Crippen MR) is 73.1 cm³/mol. The van der Waals surface area contributed by atoms with Crippen LogP contribution in [0.4, 0.5) is 4.39 Å². The summed E-state index contributed by atoms with van der Waals surface area (Å²) in [5, 5.41) is 0. The van der Waals surface area contributed by atoms with Gasteiger partial charge in [-0.15, -0.1) is 0 Å². The Morgan fingerprint density at radius 2 is 2.06 bits per heavy atom. The first kappa shape index (κ1) is 15.1. The van der Waals surface area contributed by atoms with E-state index >= 15 is 0 Å². The van der Waals surface area contributed by atoms with Gasteiger partial charge in [0.2, 0.25) is 0 Å². The first-order valence-electron chi connectivity index (χ1n) is 6.70. The van der Waals surface area contributed by atoms with Gasteiger partial charge in [0.05, 0.1) is 6.10 Å². The minimum absolute atomic E-state index is 0.0580. The molecule has 1 aromatic carbocycles. The molecule has 0 spiro atoms. The molecule has 3 heteroatoms. The second-order valence-electron chi connectivity index (χ2n) is 4.72. The van der Waals surface area contributed by atoms with Gasteiger partial charge in [-0.2, -0.15) is 0 Å². The van der Waals surface area contributed by atoms with Crippen LogP contribution in [-0.2, 0) is 11.2 Å². The van der Waals surface area contributed by atoms with E-state index in [2.05, 4.69) is 6.92 Å². The fraction of sp³-hybridized carbons (Fsp3) is 0.600. The second-order valence-corrected chi connectivity index (χ2v) is 4.72. The van der Waals surface area contributed by atoms with Crippen LogP contribution in [0.15, 0.2) is 18.2 Å². The Bertz CT molecular complexity index is 362. The lowest BCUT2D eigenvalue weighted by atomic mass is 9.96. The monoisotopic (exact) mass is 253 g/mol. The van der Waals surface area contributed by atoms with E-state index in [1.807, 2.05) is 13.8 Å². The molecule has 0 heterocycles. The van der Waals surface area contributed by atoms with Crippen molar-refractivity contribution in [2.75, 3.05) is 6.61 Å². The average molecular weight is 253 g/mol. The molecule has 0 bridgehead atoms. The van der Waals surface area contributed by atoms with Crippen molar-refractivity contribution in [1.29, 1.82) is 0 Å².